The molecule has 0 saturated heterocycles. The highest BCUT2D eigenvalue weighted by Crippen LogP contribution is 2.24. The summed E-state index contributed by atoms with van der Waals surface area (Å²) in [6, 6.07) is 5.75. The van der Waals surface area contributed by atoms with Gasteiger partial charge in [-0.25, -0.2) is 0 Å². The molecular formula is C24H40Cl3N2O2. The standard InChI is InChI=1S/C22H34ClN2O2.2CH2.2ClH/c23-21-12-11-18(10-6-13-24-14-7-15-26)16-20(21)22(27)25-17-19-8-4-2-1-3-5-9-19;;;;/h11-12,16,24,26H,1-10,13-15,17H2,(H,25,27);2*1H2;2*1H. The van der Waals surface area contributed by atoms with Gasteiger partial charge in [-0.15, -0.1) is 24.8 Å². The fraction of sp³-hybridized carbons (Fsp3) is 0.583. The molecule has 0 unspecified atom stereocenters. The third kappa shape index (κ3) is 14.3. The molecule has 0 atom stereocenters. The number of aliphatic hydroxyl groups excluding tert-OH is 1. The first kappa shape index (κ1) is 35.1. The highest BCUT2D eigenvalue weighted by molar-refractivity contribution is 6.33. The van der Waals surface area contributed by atoms with Crippen LogP contribution in [0.1, 0.15) is 73.7 Å². The van der Waals surface area contributed by atoms with Gasteiger partial charge in [-0.05, 0) is 68.8 Å². The summed E-state index contributed by atoms with van der Waals surface area (Å²) >= 11 is 6.28. The molecule has 1 aliphatic carbocycles. The maximum absolute atomic E-state index is 12.6. The Kier molecular flexibility index (Phi) is 24.1. The van der Waals surface area contributed by atoms with Crippen molar-refractivity contribution >= 4 is 42.3 Å². The Morgan fingerprint density at radius 2 is 1.58 bits per heavy atom. The van der Waals surface area contributed by atoms with Crippen LogP contribution in [0.4, 0.5) is 0 Å². The number of carbonyl (C=O) groups is 1. The van der Waals surface area contributed by atoms with Crippen LogP contribution in [0.2, 0.25) is 5.02 Å². The van der Waals surface area contributed by atoms with Crippen molar-refractivity contribution in [1.29, 1.82) is 0 Å². The molecule has 5 radical (unpaired) electrons. The monoisotopic (exact) mass is 493 g/mol. The van der Waals surface area contributed by atoms with Crippen molar-refractivity contribution < 1.29 is 9.90 Å². The highest BCUT2D eigenvalue weighted by Gasteiger charge is 2.16. The van der Waals surface area contributed by atoms with Gasteiger partial charge in [0.1, 0.15) is 0 Å². The predicted molar refractivity (Wildman–Crippen MR) is 137 cm³/mol. The molecule has 3 N–H and O–H groups in total. The fourth-order valence-electron chi connectivity index (χ4n) is 3.53. The van der Waals surface area contributed by atoms with Crippen molar-refractivity contribution in [1.82, 2.24) is 10.6 Å². The zero-order valence-corrected chi connectivity index (χ0v) is 21.0. The number of aliphatic hydroxyl groups is 1. The second-order valence-electron chi connectivity index (χ2n) is 7.45. The smallest absolute Gasteiger partial charge is 0.252 e. The van der Waals surface area contributed by atoms with Crippen LogP contribution in [0.15, 0.2) is 18.2 Å². The van der Waals surface area contributed by atoms with Crippen molar-refractivity contribution in [2.24, 2.45) is 0 Å². The van der Waals surface area contributed by atoms with Crippen LogP contribution < -0.4 is 10.6 Å². The van der Waals surface area contributed by atoms with Gasteiger partial charge in [-0.2, -0.15) is 0 Å². The van der Waals surface area contributed by atoms with Crippen LogP contribution in [-0.2, 0) is 6.42 Å². The molecule has 0 bridgehead atoms. The number of rotatable bonds is 10. The highest BCUT2D eigenvalue weighted by atomic mass is 35.5. The summed E-state index contributed by atoms with van der Waals surface area (Å²) in [5.74, 6) is 1.39. The molecule has 1 aromatic carbocycles. The summed E-state index contributed by atoms with van der Waals surface area (Å²) in [4.78, 5) is 12.6. The van der Waals surface area contributed by atoms with Crippen molar-refractivity contribution in [2.45, 2.75) is 64.2 Å². The Morgan fingerprint density at radius 1 is 0.968 bits per heavy atom. The molecule has 1 aromatic rings. The molecule has 0 aliphatic heterocycles. The molecule has 2 rings (SSSR count). The quantitative estimate of drug-likeness (QED) is 0.361. The lowest BCUT2D eigenvalue weighted by Gasteiger charge is -2.19. The molecule has 1 fully saturated rings. The number of benzene rings is 1. The van der Waals surface area contributed by atoms with Crippen molar-refractivity contribution in [3.8, 4) is 0 Å². The summed E-state index contributed by atoms with van der Waals surface area (Å²) in [7, 11) is 0. The maximum atomic E-state index is 12.6. The van der Waals surface area contributed by atoms with Crippen LogP contribution in [0.5, 0.6) is 0 Å². The Labute approximate surface area is 208 Å². The zero-order valence-electron chi connectivity index (χ0n) is 18.6. The molecule has 31 heavy (non-hydrogen) atoms. The number of halogens is 3. The first-order chi connectivity index (χ1) is 13.2. The van der Waals surface area contributed by atoms with E-state index < -0.39 is 0 Å². The number of nitrogens with one attached hydrogen (secondary N) is 2. The summed E-state index contributed by atoms with van der Waals surface area (Å²) in [6.45, 7) is 2.64. The van der Waals surface area contributed by atoms with Gasteiger partial charge < -0.3 is 15.7 Å². The lowest BCUT2D eigenvalue weighted by molar-refractivity contribution is 0.0954. The molecule has 0 heterocycles. The average molecular weight is 495 g/mol. The lowest BCUT2D eigenvalue weighted by Crippen LogP contribution is -2.29. The second kappa shape index (κ2) is 21.3. The zero-order chi connectivity index (χ0) is 19.3. The average Bonchev–Trinajstić information content (AvgIpc) is 2.64. The predicted octanol–water partition coefficient (Wildman–Crippen LogP) is 5.79. The van der Waals surface area contributed by atoms with Crippen molar-refractivity contribution in [3.63, 3.8) is 0 Å². The van der Waals surface area contributed by atoms with Gasteiger partial charge in [0, 0.05) is 13.2 Å². The number of aryl methyl sites for hydroxylation is 1. The number of hydrogen-bond acceptors (Lipinski definition) is 3. The van der Waals surface area contributed by atoms with Gasteiger partial charge in [-0.3, -0.25) is 4.79 Å². The lowest BCUT2D eigenvalue weighted by atomic mass is 9.91. The molecule has 0 aromatic heterocycles. The summed E-state index contributed by atoms with van der Waals surface area (Å²) in [5, 5.41) is 15.7. The van der Waals surface area contributed by atoms with E-state index >= 15 is 0 Å². The van der Waals surface area contributed by atoms with Crippen molar-refractivity contribution in [2.75, 3.05) is 26.2 Å². The molecule has 7 heteroatoms. The van der Waals surface area contributed by atoms with Gasteiger partial charge in [0.25, 0.3) is 5.91 Å². The van der Waals surface area contributed by atoms with Gasteiger partial charge in [0.15, 0.2) is 0 Å². The third-order valence-electron chi connectivity index (χ3n) is 5.17. The second-order valence-corrected chi connectivity index (χ2v) is 7.85. The van der Waals surface area contributed by atoms with Crippen LogP contribution in [0, 0.1) is 20.8 Å². The summed E-state index contributed by atoms with van der Waals surface area (Å²) in [5.41, 5.74) is 1.71. The van der Waals surface area contributed by atoms with E-state index in [1.165, 1.54) is 38.0 Å². The molecule has 0 spiro atoms. The Bertz CT molecular complexity index is 566. The van der Waals surface area contributed by atoms with E-state index in [1.54, 1.807) is 0 Å². The summed E-state index contributed by atoms with van der Waals surface area (Å²) in [6.07, 6.45) is 11.4. The summed E-state index contributed by atoms with van der Waals surface area (Å²) < 4.78 is 0. The van der Waals surface area contributed by atoms with Crippen LogP contribution >= 0.6 is 36.4 Å². The topological polar surface area (TPSA) is 61.4 Å². The first-order valence-corrected chi connectivity index (χ1v) is 10.8. The SMILES string of the molecule is Cl.Cl.O=C(NC[C]1CCCCCCC1)c1cc(CCCNCCCO)ccc1Cl.[CH2].[CH2]. The number of amides is 1. The molecule has 1 amide bonds. The molecular weight excluding hydrogens is 455 g/mol. The Hall–Kier alpha value is -0.520. The van der Waals surface area contributed by atoms with Crippen LogP contribution in [0.3, 0.4) is 0 Å². The van der Waals surface area contributed by atoms with Crippen molar-refractivity contribution in [3.05, 3.63) is 55.1 Å². The normalized spacial score (nSPS) is 13.9. The largest absolute Gasteiger partial charge is 0.396 e. The van der Waals surface area contributed by atoms with Gasteiger partial charge in [0.05, 0.1) is 10.6 Å². The van der Waals surface area contributed by atoms with Crippen LogP contribution in [0.25, 0.3) is 0 Å². The number of carbonyl (C=O) groups excluding carboxylic acids is 1. The van der Waals surface area contributed by atoms with E-state index in [-0.39, 0.29) is 52.2 Å². The Balaban J connectivity index is -0.00000196. The molecule has 179 valence electrons. The first-order valence-electron chi connectivity index (χ1n) is 10.4. The minimum absolute atomic E-state index is 0. The van der Waals surface area contributed by atoms with E-state index in [1.807, 2.05) is 18.2 Å². The molecule has 1 aliphatic rings. The van der Waals surface area contributed by atoms with Gasteiger partial charge in [-0.1, -0.05) is 64.6 Å². The number of hydrogen-bond donors (Lipinski definition) is 3. The van der Waals surface area contributed by atoms with E-state index in [9.17, 15) is 4.79 Å². The molecule has 4 nitrogen and oxygen atoms in total. The van der Waals surface area contributed by atoms with Gasteiger partial charge in [0.2, 0.25) is 0 Å². The van der Waals surface area contributed by atoms with E-state index in [2.05, 4.69) is 10.6 Å². The Morgan fingerprint density at radius 3 is 2.23 bits per heavy atom. The van der Waals surface area contributed by atoms with Gasteiger partial charge >= 0.3 is 0 Å². The van der Waals surface area contributed by atoms with E-state index in [0.717, 1.165) is 50.8 Å². The minimum atomic E-state index is -0.0718. The fourth-order valence-corrected chi connectivity index (χ4v) is 3.73. The van der Waals surface area contributed by atoms with E-state index in [0.29, 0.717) is 17.1 Å². The van der Waals surface area contributed by atoms with E-state index in [4.69, 9.17) is 16.7 Å². The minimum Gasteiger partial charge on any atom is -0.396 e. The third-order valence-corrected chi connectivity index (χ3v) is 5.50. The van der Waals surface area contributed by atoms with Crippen LogP contribution in [-0.4, -0.2) is 37.3 Å². The molecule has 1 saturated carbocycles. The maximum Gasteiger partial charge on any atom is 0.252 e.